The van der Waals surface area contributed by atoms with Crippen molar-refractivity contribution in [3.8, 4) is 5.75 Å². The number of fused-ring (bicyclic) bond motifs is 1. The maximum Gasteiger partial charge on any atom is 0.228 e. The Labute approximate surface area is 95.0 Å². The summed E-state index contributed by atoms with van der Waals surface area (Å²) in [7, 11) is 0. The van der Waals surface area contributed by atoms with Crippen molar-refractivity contribution in [2.24, 2.45) is 5.73 Å². The highest BCUT2D eigenvalue weighted by molar-refractivity contribution is 5.95. The zero-order valence-electron chi connectivity index (χ0n) is 9.40. The predicted octanol–water partition coefficient (Wildman–Crippen LogP) is 1.07. The van der Waals surface area contributed by atoms with Gasteiger partial charge < -0.3 is 15.4 Å². The highest BCUT2D eigenvalue weighted by atomic mass is 16.5. The van der Waals surface area contributed by atoms with Gasteiger partial charge in [-0.2, -0.15) is 0 Å². The SMILES string of the molecule is Cc1ccc2c(c1)OCCN2C(=O)CCN. The second kappa shape index (κ2) is 4.53. The zero-order valence-corrected chi connectivity index (χ0v) is 9.40. The van der Waals surface area contributed by atoms with Gasteiger partial charge in [-0.05, 0) is 24.6 Å². The Kier molecular flexibility index (Phi) is 3.10. The van der Waals surface area contributed by atoms with Gasteiger partial charge >= 0.3 is 0 Å². The third kappa shape index (κ3) is 2.02. The summed E-state index contributed by atoms with van der Waals surface area (Å²) in [5.74, 6) is 0.854. The number of carbonyl (C=O) groups excluding carboxylic acids is 1. The van der Waals surface area contributed by atoms with E-state index in [1.165, 1.54) is 0 Å². The molecule has 1 aromatic carbocycles. The number of anilines is 1. The number of carbonyl (C=O) groups is 1. The van der Waals surface area contributed by atoms with Crippen molar-refractivity contribution in [1.29, 1.82) is 0 Å². The first-order valence-electron chi connectivity index (χ1n) is 5.46. The Balaban J connectivity index is 2.29. The van der Waals surface area contributed by atoms with E-state index in [1.807, 2.05) is 25.1 Å². The van der Waals surface area contributed by atoms with E-state index in [2.05, 4.69) is 0 Å². The quantitative estimate of drug-likeness (QED) is 0.811. The van der Waals surface area contributed by atoms with E-state index in [9.17, 15) is 4.79 Å². The third-order valence-electron chi connectivity index (χ3n) is 2.64. The summed E-state index contributed by atoms with van der Waals surface area (Å²) in [6.45, 7) is 3.54. The lowest BCUT2D eigenvalue weighted by atomic mass is 10.1. The fraction of sp³-hybridized carbons (Fsp3) is 0.417. The molecule has 1 aromatic rings. The van der Waals surface area contributed by atoms with Crippen molar-refractivity contribution >= 4 is 11.6 Å². The number of nitrogens with zero attached hydrogens (tertiary/aromatic N) is 1. The first kappa shape index (κ1) is 11.0. The standard InChI is InChI=1S/C12H16N2O2/c1-9-2-3-10-11(8-9)16-7-6-14(10)12(15)4-5-13/h2-3,8H,4-7,13H2,1H3. The van der Waals surface area contributed by atoms with Crippen LogP contribution in [0.5, 0.6) is 5.75 Å². The molecule has 4 heteroatoms. The van der Waals surface area contributed by atoms with Gasteiger partial charge in [0.1, 0.15) is 12.4 Å². The maximum atomic E-state index is 11.8. The number of ether oxygens (including phenoxy) is 1. The average Bonchev–Trinajstić information content (AvgIpc) is 2.28. The van der Waals surface area contributed by atoms with Crippen LogP contribution in [0.25, 0.3) is 0 Å². The topological polar surface area (TPSA) is 55.6 Å². The molecule has 0 unspecified atom stereocenters. The molecule has 1 heterocycles. The lowest BCUT2D eigenvalue weighted by molar-refractivity contribution is -0.118. The smallest absolute Gasteiger partial charge is 0.228 e. The first-order valence-corrected chi connectivity index (χ1v) is 5.46. The minimum Gasteiger partial charge on any atom is -0.490 e. The summed E-state index contributed by atoms with van der Waals surface area (Å²) >= 11 is 0. The molecule has 16 heavy (non-hydrogen) atoms. The monoisotopic (exact) mass is 220 g/mol. The third-order valence-corrected chi connectivity index (χ3v) is 2.64. The van der Waals surface area contributed by atoms with Gasteiger partial charge in [0.25, 0.3) is 0 Å². The highest BCUT2D eigenvalue weighted by Gasteiger charge is 2.22. The van der Waals surface area contributed by atoms with E-state index in [1.54, 1.807) is 4.90 Å². The summed E-state index contributed by atoms with van der Waals surface area (Å²) in [6.07, 6.45) is 0.382. The summed E-state index contributed by atoms with van der Waals surface area (Å²) in [6, 6.07) is 5.87. The first-order chi connectivity index (χ1) is 7.72. The van der Waals surface area contributed by atoms with Crippen LogP contribution in [-0.4, -0.2) is 25.6 Å². The van der Waals surface area contributed by atoms with Crippen molar-refractivity contribution in [2.75, 3.05) is 24.6 Å². The van der Waals surface area contributed by atoms with Gasteiger partial charge in [0.2, 0.25) is 5.91 Å². The van der Waals surface area contributed by atoms with Crippen molar-refractivity contribution in [3.63, 3.8) is 0 Å². The molecule has 1 aliphatic heterocycles. The Hall–Kier alpha value is -1.55. The number of nitrogens with two attached hydrogens (primary N) is 1. The molecule has 86 valence electrons. The molecule has 2 rings (SSSR count). The molecule has 0 saturated heterocycles. The van der Waals surface area contributed by atoms with Crippen LogP contribution in [0.4, 0.5) is 5.69 Å². The molecule has 0 aromatic heterocycles. The second-order valence-electron chi connectivity index (χ2n) is 3.90. The number of aryl methyl sites for hydroxylation is 1. The van der Waals surface area contributed by atoms with E-state index in [-0.39, 0.29) is 5.91 Å². The van der Waals surface area contributed by atoms with Crippen LogP contribution in [0.1, 0.15) is 12.0 Å². The molecule has 0 aliphatic carbocycles. The summed E-state index contributed by atoms with van der Waals surface area (Å²) in [5, 5.41) is 0. The van der Waals surface area contributed by atoms with Gasteiger partial charge in [0.15, 0.2) is 0 Å². The molecule has 2 N–H and O–H groups in total. The molecule has 0 radical (unpaired) electrons. The molecule has 0 spiro atoms. The average molecular weight is 220 g/mol. The normalized spacial score (nSPS) is 14.2. The molecule has 4 nitrogen and oxygen atoms in total. The molecular weight excluding hydrogens is 204 g/mol. The van der Waals surface area contributed by atoms with E-state index >= 15 is 0 Å². The lowest BCUT2D eigenvalue weighted by Gasteiger charge is -2.29. The summed E-state index contributed by atoms with van der Waals surface area (Å²) in [5.41, 5.74) is 7.39. The molecular formula is C12H16N2O2. The number of benzene rings is 1. The fourth-order valence-corrected chi connectivity index (χ4v) is 1.84. The molecule has 0 fully saturated rings. The van der Waals surface area contributed by atoms with Gasteiger partial charge in [-0.15, -0.1) is 0 Å². The number of amides is 1. The largest absolute Gasteiger partial charge is 0.490 e. The van der Waals surface area contributed by atoms with E-state index in [0.717, 1.165) is 17.0 Å². The lowest BCUT2D eigenvalue weighted by Crippen LogP contribution is -2.38. The highest BCUT2D eigenvalue weighted by Crippen LogP contribution is 2.32. The van der Waals surface area contributed by atoms with Crippen molar-refractivity contribution in [1.82, 2.24) is 0 Å². The van der Waals surface area contributed by atoms with E-state index in [4.69, 9.17) is 10.5 Å². The van der Waals surface area contributed by atoms with Crippen molar-refractivity contribution in [3.05, 3.63) is 23.8 Å². The molecule has 0 bridgehead atoms. The van der Waals surface area contributed by atoms with Crippen LogP contribution in [0.15, 0.2) is 18.2 Å². The van der Waals surface area contributed by atoms with Gasteiger partial charge in [-0.3, -0.25) is 4.79 Å². The van der Waals surface area contributed by atoms with Gasteiger partial charge in [0, 0.05) is 13.0 Å². The molecule has 0 saturated carbocycles. The molecule has 1 amide bonds. The van der Waals surface area contributed by atoms with Crippen LogP contribution < -0.4 is 15.4 Å². The molecule has 1 aliphatic rings. The fourth-order valence-electron chi connectivity index (χ4n) is 1.84. The van der Waals surface area contributed by atoms with Crippen molar-refractivity contribution < 1.29 is 9.53 Å². The van der Waals surface area contributed by atoms with Crippen LogP contribution in [0.2, 0.25) is 0 Å². The Morgan fingerprint density at radius 2 is 2.38 bits per heavy atom. The Bertz CT molecular complexity index is 404. The predicted molar refractivity (Wildman–Crippen MR) is 62.7 cm³/mol. The minimum absolute atomic E-state index is 0.0657. The van der Waals surface area contributed by atoms with Crippen LogP contribution >= 0.6 is 0 Å². The Morgan fingerprint density at radius 3 is 3.12 bits per heavy atom. The Morgan fingerprint density at radius 1 is 1.56 bits per heavy atom. The minimum atomic E-state index is 0.0657. The number of hydrogen-bond donors (Lipinski definition) is 1. The van der Waals surface area contributed by atoms with E-state index < -0.39 is 0 Å². The van der Waals surface area contributed by atoms with Gasteiger partial charge in [-0.25, -0.2) is 0 Å². The molecule has 0 atom stereocenters. The second-order valence-corrected chi connectivity index (χ2v) is 3.90. The van der Waals surface area contributed by atoms with Gasteiger partial charge in [0.05, 0.1) is 12.2 Å². The van der Waals surface area contributed by atoms with Crippen LogP contribution in [-0.2, 0) is 4.79 Å². The van der Waals surface area contributed by atoms with Crippen LogP contribution in [0.3, 0.4) is 0 Å². The zero-order chi connectivity index (χ0) is 11.5. The summed E-state index contributed by atoms with van der Waals surface area (Å²) < 4.78 is 5.54. The van der Waals surface area contributed by atoms with Crippen molar-refractivity contribution in [2.45, 2.75) is 13.3 Å². The number of hydrogen-bond acceptors (Lipinski definition) is 3. The number of rotatable bonds is 2. The summed E-state index contributed by atoms with van der Waals surface area (Å²) in [4.78, 5) is 13.6. The maximum absolute atomic E-state index is 11.8. The van der Waals surface area contributed by atoms with Crippen LogP contribution in [0, 0.1) is 6.92 Å². The van der Waals surface area contributed by atoms with E-state index in [0.29, 0.717) is 26.1 Å². The van der Waals surface area contributed by atoms with Gasteiger partial charge in [-0.1, -0.05) is 6.07 Å².